The fourth-order valence-corrected chi connectivity index (χ4v) is 3.12. The zero-order valence-electron chi connectivity index (χ0n) is 12.0. The first-order chi connectivity index (χ1) is 10.5. The van der Waals surface area contributed by atoms with Crippen molar-refractivity contribution in [3.8, 4) is 0 Å². The lowest BCUT2D eigenvalue weighted by Gasteiger charge is -2.29. The third-order valence-electron chi connectivity index (χ3n) is 3.89. The monoisotopic (exact) mass is 341 g/mol. The van der Waals surface area contributed by atoms with Crippen LogP contribution in [-0.4, -0.2) is 44.0 Å². The molecule has 2 aromatic rings. The van der Waals surface area contributed by atoms with E-state index in [0.29, 0.717) is 23.5 Å². The molecule has 5 nitrogen and oxygen atoms in total. The molecule has 7 heteroatoms. The van der Waals surface area contributed by atoms with E-state index in [1.165, 1.54) is 17.0 Å². The standard InChI is InChI=1S/C15H14Cl2N2O3/c1-18-2-4-19(5-3-18)14(20)11-7-9-6-10(16)8-12(17)13(9)22-15(11)21/h6-8H,2-5H2,1H3/p+1. The van der Waals surface area contributed by atoms with Crippen LogP contribution in [-0.2, 0) is 0 Å². The van der Waals surface area contributed by atoms with Gasteiger partial charge in [0.15, 0.2) is 5.58 Å². The van der Waals surface area contributed by atoms with Crippen molar-refractivity contribution < 1.29 is 14.1 Å². The Balaban J connectivity index is 2.02. The van der Waals surface area contributed by atoms with E-state index in [1.54, 1.807) is 11.0 Å². The fourth-order valence-electron chi connectivity index (χ4n) is 2.57. The Morgan fingerprint density at radius 1 is 1.23 bits per heavy atom. The average Bonchev–Trinajstić information content (AvgIpc) is 2.47. The molecule has 1 fully saturated rings. The molecule has 0 unspecified atom stereocenters. The van der Waals surface area contributed by atoms with Crippen LogP contribution in [0.15, 0.2) is 27.4 Å². The number of halogens is 2. The fraction of sp³-hybridized carbons (Fsp3) is 0.333. The highest BCUT2D eigenvalue weighted by Gasteiger charge is 2.25. The van der Waals surface area contributed by atoms with Gasteiger partial charge in [0.1, 0.15) is 5.56 Å². The molecule has 0 radical (unpaired) electrons. The molecule has 1 N–H and O–H groups in total. The first kappa shape index (κ1) is 15.3. The zero-order valence-corrected chi connectivity index (χ0v) is 13.5. The van der Waals surface area contributed by atoms with Crippen LogP contribution in [0.3, 0.4) is 0 Å². The second-order valence-electron chi connectivity index (χ2n) is 5.50. The van der Waals surface area contributed by atoms with Crippen molar-refractivity contribution in [2.75, 3.05) is 33.2 Å². The van der Waals surface area contributed by atoms with Gasteiger partial charge in [-0.2, -0.15) is 0 Å². The minimum absolute atomic E-state index is 0.0189. The summed E-state index contributed by atoms with van der Waals surface area (Å²) >= 11 is 12.0. The molecule has 0 spiro atoms. The van der Waals surface area contributed by atoms with Crippen molar-refractivity contribution in [1.29, 1.82) is 0 Å². The maximum atomic E-state index is 12.5. The Morgan fingerprint density at radius 2 is 1.91 bits per heavy atom. The van der Waals surface area contributed by atoms with Crippen LogP contribution in [0.5, 0.6) is 0 Å². The molecule has 116 valence electrons. The van der Waals surface area contributed by atoms with Crippen molar-refractivity contribution >= 4 is 40.1 Å². The molecule has 1 amide bonds. The van der Waals surface area contributed by atoms with Gasteiger partial charge >= 0.3 is 5.63 Å². The van der Waals surface area contributed by atoms with Gasteiger partial charge in [0, 0.05) is 10.4 Å². The van der Waals surface area contributed by atoms with Crippen molar-refractivity contribution in [2.24, 2.45) is 0 Å². The van der Waals surface area contributed by atoms with E-state index in [1.807, 2.05) is 0 Å². The highest BCUT2D eigenvalue weighted by atomic mass is 35.5. The molecule has 1 saturated heterocycles. The van der Waals surface area contributed by atoms with Gasteiger partial charge < -0.3 is 14.2 Å². The maximum absolute atomic E-state index is 12.5. The summed E-state index contributed by atoms with van der Waals surface area (Å²) in [6.07, 6.45) is 0. The number of nitrogens with zero attached hydrogens (tertiary/aromatic N) is 1. The summed E-state index contributed by atoms with van der Waals surface area (Å²) in [5.74, 6) is -0.306. The largest absolute Gasteiger partial charge is 0.421 e. The van der Waals surface area contributed by atoms with E-state index < -0.39 is 5.63 Å². The van der Waals surface area contributed by atoms with Crippen LogP contribution in [0.1, 0.15) is 10.4 Å². The highest BCUT2D eigenvalue weighted by molar-refractivity contribution is 6.38. The third-order valence-corrected chi connectivity index (χ3v) is 4.39. The summed E-state index contributed by atoms with van der Waals surface area (Å²) in [5.41, 5.74) is -0.408. The number of benzene rings is 1. The van der Waals surface area contributed by atoms with Gasteiger partial charge in [-0.15, -0.1) is 0 Å². The Labute approximate surface area is 137 Å². The molecule has 1 aliphatic heterocycles. The molecule has 22 heavy (non-hydrogen) atoms. The average molecular weight is 342 g/mol. The summed E-state index contributed by atoms with van der Waals surface area (Å²) in [5, 5.41) is 1.22. The highest BCUT2D eigenvalue weighted by Crippen LogP contribution is 2.27. The maximum Gasteiger partial charge on any atom is 0.349 e. The lowest BCUT2D eigenvalue weighted by molar-refractivity contribution is -0.883. The number of quaternary nitrogens is 1. The number of amides is 1. The number of carbonyl (C=O) groups is 1. The first-order valence-corrected chi connectivity index (χ1v) is 7.75. The molecule has 0 saturated carbocycles. The van der Waals surface area contributed by atoms with E-state index >= 15 is 0 Å². The van der Waals surface area contributed by atoms with E-state index in [-0.39, 0.29) is 22.1 Å². The van der Waals surface area contributed by atoms with Gasteiger partial charge in [0.05, 0.1) is 38.2 Å². The molecule has 0 bridgehead atoms. The Kier molecular flexibility index (Phi) is 4.12. The van der Waals surface area contributed by atoms with Gasteiger partial charge in [0.2, 0.25) is 0 Å². The molecule has 2 heterocycles. The number of hydrogen-bond donors (Lipinski definition) is 1. The first-order valence-electron chi connectivity index (χ1n) is 6.99. The predicted octanol–water partition coefficient (Wildman–Crippen LogP) is 1.07. The van der Waals surface area contributed by atoms with Crippen LogP contribution >= 0.6 is 23.2 Å². The van der Waals surface area contributed by atoms with Crippen LogP contribution in [0, 0.1) is 0 Å². The number of rotatable bonds is 1. The quantitative estimate of drug-likeness (QED) is 0.789. The van der Waals surface area contributed by atoms with E-state index in [0.717, 1.165) is 13.1 Å². The molecule has 3 rings (SSSR count). The van der Waals surface area contributed by atoms with Crippen molar-refractivity contribution in [3.63, 3.8) is 0 Å². The van der Waals surface area contributed by atoms with E-state index in [2.05, 4.69) is 7.05 Å². The third kappa shape index (κ3) is 2.84. The van der Waals surface area contributed by atoms with Crippen LogP contribution in [0.2, 0.25) is 10.0 Å². The lowest BCUT2D eigenvalue weighted by Crippen LogP contribution is -3.12. The van der Waals surface area contributed by atoms with E-state index in [4.69, 9.17) is 27.6 Å². The Bertz CT molecular complexity index is 795. The number of piperazine rings is 1. The van der Waals surface area contributed by atoms with Gasteiger partial charge in [0.25, 0.3) is 5.91 Å². The number of hydrogen-bond acceptors (Lipinski definition) is 3. The van der Waals surface area contributed by atoms with Crippen molar-refractivity contribution in [1.82, 2.24) is 4.90 Å². The number of likely N-dealkylation sites (N-methyl/N-ethyl adjacent to an activating group) is 1. The lowest BCUT2D eigenvalue weighted by atomic mass is 10.1. The molecule has 1 aliphatic rings. The molecule has 0 atom stereocenters. The van der Waals surface area contributed by atoms with Gasteiger partial charge in [-0.1, -0.05) is 23.2 Å². The molecule has 1 aromatic heterocycles. The van der Waals surface area contributed by atoms with Crippen LogP contribution < -0.4 is 10.5 Å². The van der Waals surface area contributed by atoms with Crippen LogP contribution in [0.25, 0.3) is 11.0 Å². The van der Waals surface area contributed by atoms with Gasteiger partial charge in [-0.25, -0.2) is 4.79 Å². The second-order valence-corrected chi connectivity index (χ2v) is 6.35. The van der Waals surface area contributed by atoms with Crippen LogP contribution in [0.4, 0.5) is 0 Å². The second kappa shape index (κ2) is 5.91. The number of fused-ring (bicyclic) bond motifs is 1. The minimum Gasteiger partial charge on any atom is -0.421 e. The molecular formula is C15H15Cl2N2O3+. The SMILES string of the molecule is C[NH+]1CCN(C(=O)c2cc3cc(Cl)cc(Cl)c3oc2=O)CC1. The number of nitrogens with one attached hydrogen (secondary N) is 1. The Morgan fingerprint density at radius 3 is 2.59 bits per heavy atom. The molecular weight excluding hydrogens is 327 g/mol. The number of carbonyl (C=O) groups excluding carboxylic acids is 1. The summed E-state index contributed by atoms with van der Waals surface area (Å²) in [4.78, 5) is 27.7. The summed E-state index contributed by atoms with van der Waals surface area (Å²) < 4.78 is 5.21. The predicted molar refractivity (Wildman–Crippen MR) is 85.0 cm³/mol. The van der Waals surface area contributed by atoms with Gasteiger partial charge in [-0.3, -0.25) is 4.79 Å². The zero-order chi connectivity index (χ0) is 15.9. The summed E-state index contributed by atoms with van der Waals surface area (Å²) in [6, 6.07) is 4.63. The van der Waals surface area contributed by atoms with E-state index in [9.17, 15) is 9.59 Å². The minimum atomic E-state index is -0.673. The van der Waals surface area contributed by atoms with Gasteiger partial charge in [-0.05, 0) is 18.2 Å². The summed E-state index contributed by atoms with van der Waals surface area (Å²) in [6.45, 7) is 2.97. The molecule has 1 aromatic carbocycles. The smallest absolute Gasteiger partial charge is 0.349 e. The van der Waals surface area contributed by atoms with Crippen molar-refractivity contribution in [2.45, 2.75) is 0 Å². The normalized spacial score (nSPS) is 16.2. The summed E-state index contributed by atoms with van der Waals surface area (Å²) in [7, 11) is 2.08. The Hall–Kier alpha value is -1.56. The topological polar surface area (TPSA) is 55.0 Å². The van der Waals surface area contributed by atoms with Crippen molar-refractivity contribution in [3.05, 3.63) is 44.2 Å². The molecule has 0 aliphatic carbocycles.